The number of aromatic nitrogens is 2. The minimum absolute atomic E-state index is 0.192. The third kappa shape index (κ3) is 5.61. The lowest BCUT2D eigenvalue weighted by molar-refractivity contribution is 0.0136. The summed E-state index contributed by atoms with van der Waals surface area (Å²) in [5, 5.41) is 9.52. The van der Waals surface area contributed by atoms with Crippen molar-refractivity contribution in [2.24, 2.45) is 0 Å². The molecule has 1 aromatic heterocycles. The Kier molecular flexibility index (Phi) is 7.65. The van der Waals surface area contributed by atoms with Gasteiger partial charge in [-0.15, -0.1) is 0 Å². The predicted molar refractivity (Wildman–Crippen MR) is 143 cm³/mol. The molecule has 0 saturated carbocycles. The van der Waals surface area contributed by atoms with E-state index in [1.165, 1.54) is 17.5 Å². The van der Waals surface area contributed by atoms with Gasteiger partial charge in [0.2, 0.25) is 5.95 Å². The molecule has 188 valence electrons. The summed E-state index contributed by atoms with van der Waals surface area (Å²) >= 11 is 6.38. The van der Waals surface area contributed by atoms with Crippen molar-refractivity contribution in [3.63, 3.8) is 0 Å². The molecule has 2 heterocycles. The predicted octanol–water partition coefficient (Wildman–Crippen LogP) is 4.56. The highest BCUT2D eigenvalue weighted by atomic mass is 35.5. The summed E-state index contributed by atoms with van der Waals surface area (Å²) in [5.41, 5.74) is 4.86. The second-order valence-corrected chi connectivity index (χ2v) is 9.54. The average Bonchev–Trinajstić information content (AvgIpc) is 3.13. The van der Waals surface area contributed by atoms with Gasteiger partial charge < -0.3 is 20.7 Å². The maximum atomic E-state index is 12.2. The highest BCUT2D eigenvalue weighted by Gasteiger charge is 2.24. The van der Waals surface area contributed by atoms with Gasteiger partial charge in [-0.3, -0.25) is 9.69 Å². The van der Waals surface area contributed by atoms with Crippen LogP contribution in [0.5, 0.6) is 0 Å². The Hall–Kier alpha value is -3.20. The van der Waals surface area contributed by atoms with Gasteiger partial charge in [0.1, 0.15) is 5.02 Å². The van der Waals surface area contributed by atoms with Crippen LogP contribution in [-0.2, 0) is 17.6 Å². The summed E-state index contributed by atoms with van der Waals surface area (Å²) in [4.78, 5) is 23.8. The normalized spacial score (nSPS) is 18.1. The number of morpholine rings is 1. The maximum Gasteiger partial charge on any atom is 0.253 e. The Morgan fingerprint density at radius 1 is 1.06 bits per heavy atom. The highest BCUT2D eigenvalue weighted by molar-refractivity contribution is 6.33. The van der Waals surface area contributed by atoms with Crippen LogP contribution < -0.4 is 16.0 Å². The molecule has 3 aromatic rings. The van der Waals surface area contributed by atoms with Crippen molar-refractivity contribution in [2.75, 3.05) is 44.0 Å². The van der Waals surface area contributed by atoms with E-state index in [1.807, 2.05) is 18.2 Å². The zero-order chi connectivity index (χ0) is 24.9. The number of anilines is 4. The summed E-state index contributed by atoms with van der Waals surface area (Å²) in [7, 11) is 1.60. The van der Waals surface area contributed by atoms with Gasteiger partial charge in [-0.05, 0) is 61.1 Å². The van der Waals surface area contributed by atoms with Crippen LogP contribution in [-0.4, -0.2) is 60.2 Å². The van der Waals surface area contributed by atoms with E-state index in [9.17, 15) is 4.79 Å². The van der Waals surface area contributed by atoms with Gasteiger partial charge in [0, 0.05) is 31.9 Å². The first-order valence-electron chi connectivity index (χ1n) is 12.4. The summed E-state index contributed by atoms with van der Waals surface area (Å²) in [6.07, 6.45) is 6.04. The zero-order valence-corrected chi connectivity index (χ0v) is 21.1. The first-order valence-corrected chi connectivity index (χ1v) is 12.8. The number of carbonyl (C=O) groups is 1. The van der Waals surface area contributed by atoms with E-state index >= 15 is 0 Å². The number of amides is 1. The number of hydrogen-bond donors (Lipinski definition) is 3. The number of halogens is 1. The SMILES string of the molecule is CNC(=O)c1ccccc1Nc1nc(Nc2ccc3c(c2)CCC(N2CCOCC2)CC3)ncc1Cl. The van der Waals surface area contributed by atoms with Gasteiger partial charge in [-0.25, -0.2) is 4.98 Å². The topological polar surface area (TPSA) is 91.4 Å². The van der Waals surface area contributed by atoms with Gasteiger partial charge in [-0.1, -0.05) is 29.8 Å². The molecule has 2 aromatic carbocycles. The number of nitrogens with one attached hydrogen (secondary N) is 3. The Labute approximate surface area is 216 Å². The number of hydrogen-bond acceptors (Lipinski definition) is 7. The molecule has 1 saturated heterocycles. The Balaban J connectivity index is 1.30. The Morgan fingerprint density at radius 3 is 2.64 bits per heavy atom. The molecule has 9 heteroatoms. The molecule has 1 atom stereocenters. The molecule has 2 aliphatic rings. The van der Waals surface area contributed by atoms with E-state index in [0.29, 0.717) is 34.1 Å². The molecular weight excluding hydrogens is 476 g/mol. The van der Waals surface area contributed by atoms with Crippen LogP contribution in [0.25, 0.3) is 0 Å². The van der Waals surface area contributed by atoms with Gasteiger partial charge in [0.25, 0.3) is 5.91 Å². The number of benzene rings is 2. The second kappa shape index (κ2) is 11.2. The van der Waals surface area contributed by atoms with Crippen molar-refractivity contribution in [1.29, 1.82) is 0 Å². The van der Waals surface area contributed by atoms with E-state index < -0.39 is 0 Å². The quantitative estimate of drug-likeness (QED) is 0.422. The van der Waals surface area contributed by atoms with Gasteiger partial charge in [0.15, 0.2) is 5.82 Å². The number of carbonyl (C=O) groups excluding carboxylic acids is 1. The maximum absolute atomic E-state index is 12.2. The van der Waals surface area contributed by atoms with Crippen molar-refractivity contribution in [3.8, 4) is 0 Å². The summed E-state index contributed by atoms with van der Waals surface area (Å²) in [6, 6.07) is 14.3. The van der Waals surface area contributed by atoms with Crippen molar-refractivity contribution >= 4 is 40.6 Å². The number of rotatable bonds is 6. The van der Waals surface area contributed by atoms with Crippen molar-refractivity contribution in [3.05, 3.63) is 70.4 Å². The monoisotopic (exact) mass is 506 g/mol. The molecule has 5 rings (SSSR count). The van der Waals surface area contributed by atoms with Crippen LogP contribution in [0.2, 0.25) is 5.02 Å². The highest BCUT2D eigenvalue weighted by Crippen LogP contribution is 2.29. The van der Waals surface area contributed by atoms with Gasteiger partial charge in [0.05, 0.1) is 30.7 Å². The van der Waals surface area contributed by atoms with Gasteiger partial charge in [-0.2, -0.15) is 4.98 Å². The van der Waals surface area contributed by atoms with Crippen LogP contribution in [0, 0.1) is 0 Å². The number of para-hydroxylation sites is 1. The minimum atomic E-state index is -0.192. The van der Waals surface area contributed by atoms with E-state index in [4.69, 9.17) is 16.3 Å². The van der Waals surface area contributed by atoms with Crippen LogP contribution >= 0.6 is 11.6 Å². The lowest BCUT2D eigenvalue weighted by Gasteiger charge is -2.33. The molecule has 36 heavy (non-hydrogen) atoms. The first kappa shape index (κ1) is 24.5. The van der Waals surface area contributed by atoms with Crippen LogP contribution in [0.1, 0.15) is 34.3 Å². The molecule has 1 aliphatic heterocycles. The number of fused-ring (bicyclic) bond motifs is 1. The van der Waals surface area contributed by atoms with E-state index in [2.05, 4.69) is 49.0 Å². The van der Waals surface area contributed by atoms with Gasteiger partial charge >= 0.3 is 0 Å². The Bertz CT molecular complexity index is 1230. The fourth-order valence-corrected chi connectivity index (χ4v) is 5.11. The lowest BCUT2D eigenvalue weighted by atomic mass is 10.0. The smallest absolute Gasteiger partial charge is 0.253 e. The number of ether oxygens (including phenoxy) is 1. The molecular formula is C27H31ClN6O2. The summed E-state index contributed by atoms with van der Waals surface area (Å²) in [5.74, 6) is 0.662. The summed E-state index contributed by atoms with van der Waals surface area (Å²) < 4.78 is 5.53. The molecule has 1 fully saturated rings. The average molecular weight is 507 g/mol. The molecule has 1 aliphatic carbocycles. The van der Waals surface area contributed by atoms with E-state index in [1.54, 1.807) is 19.3 Å². The van der Waals surface area contributed by atoms with Crippen molar-refractivity contribution < 1.29 is 9.53 Å². The molecule has 3 N–H and O–H groups in total. The zero-order valence-electron chi connectivity index (χ0n) is 20.4. The molecule has 8 nitrogen and oxygen atoms in total. The van der Waals surface area contributed by atoms with Crippen molar-refractivity contribution in [2.45, 2.75) is 31.7 Å². The number of nitrogens with zero attached hydrogens (tertiary/aromatic N) is 3. The fraction of sp³-hybridized carbons (Fsp3) is 0.370. The van der Waals surface area contributed by atoms with E-state index in [0.717, 1.165) is 51.3 Å². The fourth-order valence-electron chi connectivity index (χ4n) is 4.97. The molecule has 0 radical (unpaired) electrons. The van der Waals surface area contributed by atoms with Crippen LogP contribution in [0.15, 0.2) is 48.7 Å². The third-order valence-electron chi connectivity index (χ3n) is 6.91. The largest absolute Gasteiger partial charge is 0.379 e. The summed E-state index contributed by atoms with van der Waals surface area (Å²) in [6.45, 7) is 3.75. The van der Waals surface area contributed by atoms with Crippen LogP contribution in [0.4, 0.5) is 23.1 Å². The molecule has 1 amide bonds. The lowest BCUT2D eigenvalue weighted by Crippen LogP contribution is -2.43. The first-order chi connectivity index (χ1) is 17.6. The standard InChI is InChI=1S/C27H31ClN6O2/c1-29-26(35)22-4-2-3-5-24(22)32-25-23(28)17-30-27(33-25)31-20-9-6-18-7-10-21(11-8-19(18)16-20)34-12-14-36-15-13-34/h2-6,9,16-17,21H,7-8,10-15H2,1H3,(H,29,35)(H2,30,31,32,33). The molecule has 1 unspecified atom stereocenters. The van der Waals surface area contributed by atoms with Crippen LogP contribution in [0.3, 0.4) is 0 Å². The third-order valence-corrected chi connectivity index (χ3v) is 7.19. The minimum Gasteiger partial charge on any atom is -0.379 e. The van der Waals surface area contributed by atoms with E-state index in [-0.39, 0.29) is 5.91 Å². The second-order valence-electron chi connectivity index (χ2n) is 9.13. The number of aryl methyl sites for hydroxylation is 2. The molecule has 0 spiro atoms. The molecule has 0 bridgehead atoms. The Morgan fingerprint density at radius 2 is 1.83 bits per heavy atom. The van der Waals surface area contributed by atoms with Crippen molar-refractivity contribution in [1.82, 2.24) is 20.2 Å².